The maximum absolute atomic E-state index is 12.8. The monoisotopic (exact) mass is 466 g/mol. The highest BCUT2D eigenvalue weighted by atomic mass is 32.2. The molecule has 7 heteroatoms. The van der Waals surface area contributed by atoms with Gasteiger partial charge in [-0.25, -0.2) is 8.42 Å². The number of sulfone groups is 1. The molecule has 0 bridgehead atoms. The van der Waals surface area contributed by atoms with Crippen LogP contribution in [0.25, 0.3) is 0 Å². The van der Waals surface area contributed by atoms with Crippen LogP contribution in [0.3, 0.4) is 0 Å². The molecule has 0 atom stereocenters. The van der Waals surface area contributed by atoms with Crippen molar-refractivity contribution in [2.24, 2.45) is 0 Å². The molecule has 2 N–H and O–H groups in total. The lowest BCUT2D eigenvalue weighted by molar-refractivity contribution is -0.119. The summed E-state index contributed by atoms with van der Waals surface area (Å²) in [6.45, 7) is 3.96. The number of carbonyl (C=O) groups excluding carboxylic acids is 1. The highest BCUT2D eigenvalue weighted by Crippen LogP contribution is 2.20. The molecule has 3 aromatic carbocycles. The molecule has 0 heterocycles. The van der Waals surface area contributed by atoms with E-state index in [0.29, 0.717) is 18.5 Å². The summed E-state index contributed by atoms with van der Waals surface area (Å²) in [5.74, 6) is -0.240. The normalized spacial score (nSPS) is 11.1. The van der Waals surface area contributed by atoms with E-state index < -0.39 is 9.84 Å². The van der Waals surface area contributed by atoms with Crippen LogP contribution < -0.4 is 10.6 Å². The largest absolute Gasteiger partial charge is 0.332 e. The Morgan fingerprint density at radius 1 is 0.875 bits per heavy atom. The predicted octanol–water partition coefficient (Wildman–Crippen LogP) is 4.72. The van der Waals surface area contributed by atoms with Crippen LogP contribution in [0.5, 0.6) is 0 Å². The molecule has 1 amide bonds. The summed E-state index contributed by atoms with van der Waals surface area (Å²) in [4.78, 5) is 12.3. The second-order valence-electron chi connectivity index (χ2n) is 7.69. The molecule has 0 fully saturated rings. The van der Waals surface area contributed by atoms with Crippen molar-refractivity contribution < 1.29 is 13.2 Å². The van der Waals surface area contributed by atoms with Gasteiger partial charge in [0.15, 0.2) is 14.9 Å². The molecule has 0 aliphatic heterocycles. The number of benzene rings is 3. The van der Waals surface area contributed by atoms with Crippen molar-refractivity contribution in [3.05, 3.63) is 95.1 Å². The zero-order valence-electron chi connectivity index (χ0n) is 18.1. The van der Waals surface area contributed by atoms with Crippen molar-refractivity contribution >= 4 is 38.8 Å². The Kier molecular flexibility index (Phi) is 7.77. The number of anilines is 1. The van der Waals surface area contributed by atoms with Crippen molar-refractivity contribution in [1.29, 1.82) is 0 Å². The first-order valence-corrected chi connectivity index (χ1v) is 12.3. The lowest BCUT2D eigenvalue weighted by Crippen LogP contribution is -2.34. The van der Waals surface area contributed by atoms with Crippen molar-refractivity contribution in [2.45, 2.75) is 37.3 Å². The third kappa shape index (κ3) is 6.73. The molecule has 0 radical (unpaired) electrons. The number of aryl methyl sites for hydroxylation is 3. The maximum Gasteiger partial charge on any atom is 0.226 e. The zero-order chi connectivity index (χ0) is 23.1. The summed E-state index contributed by atoms with van der Waals surface area (Å²) in [5, 5.41) is 5.74. The van der Waals surface area contributed by atoms with Crippen molar-refractivity contribution in [3.8, 4) is 0 Å². The maximum atomic E-state index is 12.8. The van der Waals surface area contributed by atoms with Crippen LogP contribution in [0, 0.1) is 13.8 Å². The summed E-state index contributed by atoms with van der Waals surface area (Å²) in [5.41, 5.74) is 4.64. The average Bonchev–Trinajstić information content (AvgIpc) is 2.76. The smallest absolute Gasteiger partial charge is 0.226 e. The van der Waals surface area contributed by atoms with Gasteiger partial charge in [0, 0.05) is 12.1 Å². The van der Waals surface area contributed by atoms with Crippen LogP contribution >= 0.6 is 12.2 Å². The SMILES string of the molecule is Cc1ccc(CS(=O)(=O)c2ccc(NC(=S)NC(=O)CCc3ccccc3)cc2)cc1C. The molecule has 0 unspecified atom stereocenters. The van der Waals surface area contributed by atoms with Gasteiger partial charge >= 0.3 is 0 Å². The van der Waals surface area contributed by atoms with Crippen molar-refractivity contribution in [2.75, 3.05) is 5.32 Å². The second-order valence-corrected chi connectivity index (χ2v) is 10.1. The Hall–Kier alpha value is -3.03. The van der Waals surface area contributed by atoms with Gasteiger partial charge in [-0.2, -0.15) is 0 Å². The summed E-state index contributed by atoms with van der Waals surface area (Å²) < 4.78 is 25.5. The van der Waals surface area contributed by atoms with Gasteiger partial charge in [0.25, 0.3) is 0 Å². The quantitative estimate of drug-likeness (QED) is 0.493. The predicted molar refractivity (Wildman–Crippen MR) is 132 cm³/mol. The highest BCUT2D eigenvalue weighted by Gasteiger charge is 2.16. The number of amides is 1. The Balaban J connectivity index is 1.54. The first-order chi connectivity index (χ1) is 15.2. The van der Waals surface area contributed by atoms with Crippen LogP contribution in [0.15, 0.2) is 77.7 Å². The Morgan fingerprint density at radius 2 is 1.56 bits per heavy atom. The average molecular weight is 467 g/mol. The van der Waals surface area contributed by atoms with Gasteiger partial charge in [-0.05, 0) is 79.0 Å². The molecule has 166 valence electrons. The van der Waals surface area contributed by atoms with E-state index in [-0.39, 0.29) is 21.7 Å². The van der Waals surface area contributed by atoms with Crippen LogP contribution in [0.2, 0.25) is 0 Å². The van der Waals surface area contributed by atoms with E-state index >= 15 is 0 Å². The molecule has 3 aromatic rings. The fourth-order valence-electron chi connectivity index (χ4n) is 3.20. The lowest BCUT2D eigenvalue weighted by atomic mass is 10.1. The summed E-state index contributed by atoms with van der Waals surface area (Å²) >= 11 is 5.20. The summed E-state index contributed by atoms with van der Waals surface area (Å²) in [6.07, 6.45) is 0.948. The molecule has 3 rings (SSSR count). The highest BCUT2D eigenvalue weighted by molar-refractivity contribution is 7.90. The molecule has 32 heavy (non-hydrogen) atoms. The third-order valence-electron chi connectivity index (χ3n) is 5.14. The van der Waals surface area contributed by atoms with Crippen LogP contribution in [-0.2, 0) is 26.8 Å². The van der Waals surface area contributed by atoms with E-state index in [9.17, 15) is 13.2 Å². The van der Waals surface area contributed by atoms with E-state index in [0.717, 1.165) is 22.3 Å². The van der Waals surface area contributed by atoms with Gasteiger partial charge in [0.05, 0.1) is 10.6 Å². The van der Waals surface area contributed by atoms with E-state index in [1.165, 1.54) is 0 Å². The number of hydrogen-bond acceptors (Lipinski definition) is 4. The fraction of sp³-hybridized carbons (Fsp3) is 0.200. The molecule has 0 aromatic heterocycles. The van der Waals surface area contributed by atoms with Gasteiger partial charge in [0.2, 0.25) is 5.91 Å². The van der Waals surface area contributed by atoms with E-state index in [1.54, 1.807) is 24.3 Å². The Labute approximate surface area is 194 Å². The minimum atomic E-state index is -3.47. The van der Waals surface area contributed by atoms with Gasteiger partial charge in [-0.3, -0.25) is 4.79 Å². The summed E-state index contributed by atoms with van der Waals surface area (Å²) in [6, 6.07) is 21.8. The van der Waals surface area contributed by atoms with E-state index in [2.05, 4.69) is 10.6 Å². The van der Waals surface area contributed by atoms with E-state index in [1.807, 2.05) is 62.4 Å². The van der Waals surface area contributed by atoms with Gasteiger partial charge in [-0.1, -0.05) is 48.5 Å². The van der Waals surface area contributed by atoms with Crippen molar-refractivity contribution in [1.82, 2.24) is 5.32 Å². The minimum Gasteiger partial charge on any atom is -0.332 e. The lowest BCUT2D eigenvalue weighted by Gasteiger charge is -2.11. The van der Waals surface area contributed by atoms with Gasteiger partial charge < -0.3 is 10.6 Å². The first-order valence-electron chi connectivity index (χ1n) is 10.3. The number of rotatable bonds is 7. The molecule has 0 aliphatic carbocycles. The number of thiocarbonyl (C=S) groups is 1. The molecule has 0 aliphatic rings. The third-order valence-corrected chi connectivity index (χ3v) is 7.04. The second kappa shape index (κ2) is 10.5. The Morgan fingerprint density at radius 3 is 2.22 bits per heavy atom. The molecular formula is C25H26N2O3S2. The molecular weight excluding hydrogens is 440 g/mol. The van der Waals surface area contributed by atoms with E-state index in [4.69, 9.17) is 12.2 Å². The molecule has 0 spiro atoms. The topological polar surface area (TPSA) is 75.3 Å². The number of nitrogens with one attached hydrogen (secondary N) is 2. The molecule has 0 saturated heterocycles. The van der Waals surface area contributed by atoms with Crippen LogP contribution in [0.4, 0.5) is 5.69 Å². The molecule has 5 nitrogen and oxygen atoms in total. The Bertz CT molecular complexity index is 1210. The summed E-state index contributed by atoms with van der Waals surface area (Å²) in [7, 11) is -3.47. The number of carbonyl (C=O) groups is 1. The zero-order valence-corrected chi connectivity index (χ0v) is 19.7. The standard InChI is InChI=1S/C25H26N2O3S2/c1-18-8-9-21(16-19(18)2)17-32(29,30)23-13-11-22(12-14-23)26-25(31)27-24(28)15-10-20-6-4-3-5-7-20/h3-9,11-14,16H,10,15,17H2,1-2H3,(H2,26,27,28,31). The molecule has 0 saturated carbocycles. The van der Waals surface area contributed by atoms with Gasteiger partial charge in [-0.15, -0.1) is 0 Å². The van der Waals surface area contributed by atoms with Gasteiger partial charge in [0.1, 0.15) is 0 Å². The van der Waals surface area contributed by atoms with Crippen LogP contribution in [-0.4, -0.2) is 19.4 Å². The van der Waals surface area contributed by atoms with Crippen LogP contribution in [0.1, 0.15) is 28.7 Å². The first kappa shape index (κ1) is 23.6. The van der Waals surface area contributed by atoms with Crippen molar-refractivity contribution in [3.63, 3.8) is 0 Å². The minimum absolute atomic E-state index is 0.0588. The number of hydrogen-bond donors (Lipinski definition) is 2. The fourth-order valence-corrected chi connectivity index (χ4v) is 4.76.